The summed E-state index contributed by atoms with van der Waals surface area (Å²) in [6.07, 6.45) is 4.99. The predicted molar refractivity (Wildman–Crippen MR) is 86.7 cm³/mol. The molecule has 24 heavy (non-hydrogen) atoms. The van der Waals surface area contributed by atoms with Crippen LogP contribution in [0.1, 0.15) is 5.56 Å². The summed E-state index contributed by atoms with van der Waals surface area (Å²) in [7, 11) is 0. The Bertz CT molecular complexity index is 823. The Kier molecular flexibility index (Phi) is 4.18. The molecule has 124 valence electrons. The first-order valence-corrected chi connectivity index (χ1v) is 7.98. The number of ether oxygens (including phenoxy) is 1. The van der Waals surface area contributed by atoms with Crippen LogP contribution in [-0.4, -0.2) is 50.4 Å². The number of fused-ring (bicyclic) bond motifs is 1. The molecule has 3 heterocycles. The van der Waals surface area contributed by atoms with Gasteiger partial charge in [0.05, 0.1) is 24.8 Å². The van der Waals surface area contributed by atoms with Gasteiger partial charge in [0.25, 0.3) is 0 Å². The van der Waals surface area contributed by atoms with Gasteiger partial charge in [0.1, 0.15) is 18.5 Å². The fraction of sp³-hybridized carbons (Fsp3) is 0.353. The smallest absolute Gasteiger partial charge is 0.137 e. The molecule has 0 aliphatic carbocycles. The first kappa shape index (κ1) is 15.2. The number of pyridine rings is 1. The van der Waals surface area contributed by atoms with Gasteiger partial charge in [-0.05, 0) is 23.8 Å². The first-order valence-electron chi connectivity index (χ1n) is 7.98. The van der Waals surface area contributed by atoms with E-state index in [9.17, 15) is 4.39 Å². The van der Waals surface area contributed by atoms with E-state index < -0.39 is 0 Å². The lowest BCUT2D eigenvalue weighted by atomic mass is 10.1. The summed E-state index contributed by atoms with van der Waals surface area (Å²) < 4.78 is 21.5. The summed E-state index contributed by atoms with van der Waals surface area (Å²) in [5.74, 6) is -0.229. The lowest BCUT2D eigenvalue weighted by Gasteiger charge is -2.33. The van der Waals surface area contributed by atoms with Crippen LogP contribution in [0.5, 0.6) is 0 Å². The van der Waals surface area contributed by atoms with Gasteiger partial charge in [0.15, 0.2) is 0 Å². The van der Waals surface area contributed by atoms with E-state index in [-0.39, 0.29) is 11.9 Å². The molecule has 4 rings (SSSR count). The molecule has 1 atom stereocenters. The minimum absolute atomic E-state index is 0.0696. The van der Waals surface area contributed by atoms with Crippen LogP contribution < -0.4 is 0 Å². The third-order valence-corrected chi connectivity index (χ3v) is 4.27. The van der Waals surface area contributed by atoms with Crippen LogP contribution in [-0.2, 0) is 17.8 Å². The molecule has 1 saturated heterocycles. The standard InChI is InChI=1S/C17H18FN5O/c18-16-4-3-13(17-15(16)2-1-5-20-17)8-22-6-7-24-14(9-22)10-23-12-19-11-21-23/h1-5,11-12,14H,6-10H2/t14-/m0/s1. The fourth-order valence-electron chi connectivity index (χ4n) is 3.14. The maximum absolute atomic E-state index is 13.9. The Morgan fingerprint density at radius 2 is 2.25 bits per heavy atom. The minimum atomic E-state index is -0.229. The molecule has 0 N–H and O–H groups in total. The van der Waals surface area contributed by atoms with Crippen molar-refractivity contribution in [3.05, 3.63) is 54.5 Å². The quantitative estimate of drug-likeness (QED) is 0.732. The van der Waals surface area contributed by atoms with Gasteiger partial charge in [-0.2, -0.15) is 5.10 Å². The number of hydrogen-bond acceptors (Lipinski definition) is 5. The van der Waals surface area contributed by atoms with Crippen molar-refractivity contribution in [2.45, 2.75) is 19.2 Å². The van der Waals surface area contributed by atoms with Crippen molar-refractivity contribution in [1.29, 1.82) is 0 Å². The highest BCUT2D eigenvalue weighted by atomic mass is 19.1. The van der Waals surface area contributed by atoms with Gasteiger partial charge in [0.2, 0.25) is 0 Å². The topological polar surface area (TPSA) is 56.1 Å². The monoisotopic (exact) mass is 327 g/mol. The molecule has 3 aromatic rings. The van der Waals surface area contributed by atoms with Gasteiger partial charge in [-0.1, -0.05) is 6.07 Å². The molecule has 6 nitrogen and oxygen atoms in total. The van der Waals surface area contributed by atoms with Crippen molar-refractivity contribution in [1.82, 2.24) is 24.6 Å². The highest BCUT2D eigenvalue weighted by Gasteiger charge is 2.22. The molecule has 0 amide bonds. The highest BCUT2D eigenvalue weighted by Crippen LogP contribution is 2.22. The summed E-state index contributed by atoms with van der Waals surface area (Å²) in [6, 6.07) is 6.88. The average Bonchev–Trinajstić information content (AvgIpc) is 3.11. The maximum atomic E-state index is 13.9. The Morgan fingerprint density at radius 1 is 1.29 bits per heavy atom. The molecule has 2 aromatic heterocycles. The van der Waals surface area contributed by atoms with Gasteiger partial charge in [-0.15, -0.1) is 0 Å². The van der Waals surface area contributed by atoms with E-state index in [1.807, 2.05) is 6.07 Å². The molecule has 0 bridgehead atoms. The summed E-state index contributed by atoms with van der Waals surface area (Å²) in [4.78, 5) is 10.6. The first-order chi connectivity index (χ1) is 11.8. The predicted octanol–water partition coefficient (Wildman–Crippen LogP) is 1.87. The van der Waals surface area contributed by atoms with E-state index in [2.05, 4.69) is 20.0 Å². The van der Waals surface area contributed by atoms with Crippen LogP contribution in [0.3, 0.4) is 0 Å². The van der Waals surface area contributed by atoms with Crippen LogP contribution in [0, 0.1) is 5.82 Å². The molecule has 1 aliphatic rings. The molecular formula is C17H18FN5O. The van der Waals surface area contributed by atoms with Gasteiger partial charge >= 0.3 is 0 Å². The van der Waals surface area contributed by atoms with Crippen LogP contribution >= 0.6 is 0 Å². The SMILES string of the molecule is Fc1ccc(CN2CCO[C@H](Cn3cncn3)C2)c2ncccc12. The molecule has 0 unspecified atom stereocenters. The van der Waals surface area contributed by atoms with E-state index in [1.165, 1.54) is 12.4 Å². The second kappa shape index (κ2) is 6.62. The number of hydrogen-bond donors (Lipinski definition) is 0. The Balaban J connectivity index is 1.50. The zero-order valence-electron chi connectivity index (χ0n) is 13.2. The van der Waals surface area contributed by atoms with Crippen LogP contribution in [0.15, 0.2) is 43.1 Å². The summed E-state index contributed by atoms with van der Waals surface area (Å²) in [5.41, 5.74) is 1.77. The van der Waals surface area contributed by atoms with Crippen molar-refractivity contribution in [2.75, 3.05) is 19.7 Å². The summed E-state index contributed by atoms with van der Waals surface area (Å²) in [6.45, 7) is 3.72. The lowest BCUT2D eigenvalue weighted by molar-refractivity contribution is -0.0401. The highest BCUT2D eigenvalue weighted by molar-refractivity contribution is 5.82. The van der Waals surface area contributed by atoms with E-state index in [0.717, 1.165) is 30.7 Å². The van der Waals surface area contributed by atoms with Crippen molar-refractivity contribution in [3.8, 4) is 0 Å². The van der Waals surface area contributed by atoms with Gasteiger partial charge in [-0.3, -0.25) is 14.6 Å². The number of benzene rings is 1. The van der Waals surface area contributed by atoms with Crippen molar-refractivity contribution in [2.24, 2.45) is 0 Å². The molecule has 0 spiro atoms. The van der Waals surface area contributed by atoms with E-state index in [0.29, 0.717) is 18.5 Å². The third kappa shape index (κ3) is 3.13. The summed E-state index contributed by atoms with van der Waals surface area (Å²) in [5, 5.41) is 4.70. The molecular weight excluding hydrogens is 309 g/mol. The molecule has 0 saturated carbocycles. The zero-order chi connectivity index (χ0) is 16.4. The fourth-order valence-corrected chi connectivity index (χ4v) is 3.14. The van der Waals surface area contributed by atoms with Gasteiger partial charge in [0, 0.05) is 31.2 Å². The third-order valence-electron chi connectivity index (χ3n) is 4.27. The zero-order valence-corrected chi connectivity index (χ0v) is 13.2. The average molecular weight is 327 g/mol. The van der Waals surface area contributed by atoms with Gasteiger partial charge in [-0.25, -0.2) is 9.37 Å². The Hall–Kier alpha value is -2.38. The molecule has 7 heteroatoms. The number of halogens is 1. The lowest BCUT2D eigenvalue weighted by Crippen LogP contribution is -2.43. The number of rotatable bonds is 4. The number of nitrogens with zero attached hydrogens (tertiary/aromatic N) is 5. The second-order valence-corrected chi connectivity index (χ2v) is 5.95. The van der Waals surface area contributed by atoms with E-state index in [1.54, 1.807) is 29.3 Å². The number of aromatic nitrogens is 4. The molecule has 0 radical (unpaired) electrons. The van der Waals surface area contributed by atoms with Crippen molar-refractivity contribution >= 4 is 10.9 Å². The maximum Gasteiger partial charge on any atom is 0.137 e. The van der Waals surface area contributed by atoms with E-state index in [4.69, 9.17) is 4.74 Å². The Labute approximate surface area is 138 Å². The largest absolute Gasteiger partial charge is 0.374 e. The number of morpholine rings is 1. The van der Waals surface area contributed by atoms with Crippen LogP contribution in [0.4, 0.5) is 4.39 Å². The van der Waals surface area contributed by atoms with Gasteiger partial charge < -0.3 is 4.74 Å². The van der Waals surface area contributed by atoms with Crippen molar-refractivity contribution in [3.63, 3.8) is 0 Å². The van der Waals surface area contributed by atoms with Crippen molar-refractivity contribution < 1.29 is 9.13 Å². The summed E-state index contributed by atoms with van der Waals surface area (Å²) >= 11 is 0. The second-order valence-electron chi connectivity index (χ2n) is 5.95. The Morgan fingerprint density at radius 3 is 3.12 bits per heavy atom. The molecule has 1 fully saturated rings. The molecule has 1 aromatic carbocycles. The van der Waals surface area contributed by atoms with Crippen LogP contribution in [0.25, 0.3) is 10.9 Å². The van der Waals surface area contributed by atoms with E-state index >= 15 is 0 Å². The molecule has 1 aliphatic heterocycles. The normalized spacial score (nSPS) is 19.0. The van der Waals surface area contributed by atoms with Crippen LogP contribution in [0.2, 0.25) is 0 Å². The minimum Gasteiger partial charge on any atom is -0.374 e.